The lowest BCUT2D eigenvalue weighted by Crippen LogP contribution is -2.00. The van der Waals surface area contributed by atoms with Crippen LogP contribution in [0.5, 0.6) is 5.75 Å². The average Bonchev–Trinajstić information content (AvgIpc) is 2.76. The molecule has 0 radical (unpaired) electrons. The first kappa shape index (κ1) is 15.4. The number of phenols is 1. The topological polar surface area (TPSA) is 75.3 Å². The van der Waals surface area contributed by atoms with Gasteiger partial charge >= 0.3 is 5.97 Å². The highest BCUT2D eigenvalue weighted by Crippen LogP contribution is 2.41. The van der Waals surface area contributed by atoms with Gasteiger partial charge in [-0.1, -0.05) is 25.4 Å². The van der Waals surface area contributed by atoms with E-state index in [-0.39, 0.29) is 17.4 Å². The number of phenolic OH excluding ortho intramolecular Hbond substituents is 1. The number of aromatic hydroxyl groups is 1. The number of aryl methyl sites for hydroxylation is 1. The molecular formula is C15H17ClN2O3. The summed E-state index contributed by atoms with van der Waals surface area (Å²) < 4.78 is 1.44. The quantitative estimate of drug-likeness (QED) is 0.908. The third-order valence-electron chi connectivity index (χ3n) is 3.50. The van der Waals surface area contributed by atoms with Crippen LogP contribution in [0.4, 0.5) is 0 Å². The number of aromatic nitrogens is 2. The van der Waals surface area contributed by atoms with Gasteiger partial charge in [-0.15, -0.1) is 0 Å². The molecule has 0 atom stereocenters. The zero-order valence-electron chi connectivity index (χ0n) is 12.3. The SMILES string of the molecule is Cc1c(Cl)cc(C(C)C)c(O)c1-c1cc(C(=O)O)nn1C. The second-order valence-corrected chi connectivity index (χ2v) is 5.70. The molecule has 2 rings (SSSR count). The zero-order chi connectivity index (χ0) is 15.9. The Balaban J connectivity index is 2.77. The van der Waals surface area contributed by atoms with Gasteiger partial charge in [-0.2, -0.15) is 5.10 Å². The highest BCUT2D eigenvalue weighted by molar-refractivity contribution is 6.32. The molecule has 0 fully saturated rings. The van der Waals surface area contributed by atoms with E-state index in [1.807, 2.05) is 13.8 Å². The van der Waals surface area contributed by atoms with E-state index in [1.54, 1.807) is 20.0 Å². The van der Waals surface area contributed by atoms with Crippen molar-refractivity contribution in [1.29, 1.82) is 0 Å². The Morgan fingerprint density at radius 3 is 2.48 bits per heavy atom. The number of carboxylic acid groups (broad SMARTS) is 1. The summed E-state index contributed by atoms with van der Waals surface area (Å²) in [7, 11) is 1.64. The first-order valence-corrected chi connectivity index (χ1v) is 6.91. The minimum absolute atomic E-state index is 0.0719. The molecule has 1 aromatic heterocycles. The maximum atomic E-state index is 11.0. The molecule has 0 aliphatic heterocycles. The molecule has 6 heteroatoms. The molecular weight excluding hydrogens is 292 g/mol. The van der Waals surface area contributed by atoms with Gasteiger partial charge in [0.2, 0.25) is 0 Å². The molecule has 1 heterocycles. The van der Waals surface area contributed by atoms with E-state index in [1.165, 1.54) is 10.7 Å². The molecule has 0 bridgehead atoms. The van der Waals surface area contributed by atoms with Crippen LogP contribution in [0.2, 0.25) is 5.02 Å². The maximum absolute atomic E-state index is 11.0. The number of aromatic carboxylic acids is 1. The first-order valence-electron chi connectivity index (χ1n) is 6.53. The van der Waals surface area contributed by atoms with E-state index in [2.05, 4.69) is 5.10 Å². The Hall–Kier alpha value is -2.01. The fourth-order valence-electron chi connectivity index (χ4n) is 2.31. The van der Waals surface area contributed by atoms with Crippen molar-refractivity contribution in [2.75, 3.05) is 0 Å². The third kappa shape index (κ3) is 2.61. The summed E-state index contributed by atoms with van der Waals surface area (Å²) in [5.74, 6) is -0.902. The highest BCUT2D eigenvalue weighted by Gasteiger charge is 2.21. The number of nitrogens with zero attached hydrogens (tertiary/aromatic N) is 2. The molecule has 21 heavy (non-hydrogen) atoms. The van der Waals surface area contributed by atoms with Gasteiger partial charge in [-0.25, -0.2) is 4.79 Å². The number of halogens is 1. The van der Waals surface area contributed by atoms with E-state index in [4.69, 9.17) is 16.7 Å². The fourth-order valence-corrected chi connectivity index (χ4v) is 2.53. The normalized spacial score (nSPS) is 11.1. The zero-order valence-corrected chi connectivity index (χ0v) is 13.1. The Labute approximate surface area is 127 Å². The molecule has 0 saturated carbocycles. The van der Waals surface area contributed by atoms with Crippen LogP contribution in [0.3, 0.4) is 0 Å². The maximum Gasteiger partial charge on any atom is 0.356 e. The Morgan fingerprint density at radius 2 is 2.00 bits per heavy atom. The van der Waals surface area contributed by atoms with Crippen LogP contribution in [-0.2, 0) is 7.05 Å². The number of rotatable bonds is 3. The summed E-state index contributed by atoms with van der Waals surface area (Å²) in [6.07, 6.45) is 0. The Morgan fingerprint density at radius 1 is 1.38 bits per heavy atom. The molecule has 0 aliphatic carbocycles. The number of carbonyl (C=O) groups is 1. The van der Waals surface area contributed by atoms with E-state index in [0.29, 0.717) is 21.8 Å². The smallest absolute Gasteiger partial charge is 0.356 e. The summed E-state index contributed by atoms with van der Waals surface area (Å²) in [6.45, 7) is 5.70. The van der Waals surface area contributed by atoms with Gasteiger partial charge in [0.15, 0.2) is 5.69 Å². The third-order valence-corrected chi connectivity index (χ3v) is 3.90. The minimum atomic E-state index is -1.11. The highest BCUT2D eigenvalue weighted by atomic mass is 35.5. The van der Waals surface area contributed by atoms with Crippen LogP contribution in [0.25, 0.3) is 11.3 Å². The van der Waals surface area contributed by atoms with Crippen LogP contribution < -0.4 is 0 Å². The number of benzene rings is 1. The molecule has 0 unspecified atom stereocenters. The lowest BCUT2D eigenvalue weighted by atomic mass is 9.94. The lowest BCUT2D eigenvalue weighted by molar-refractivity contribution is 0.0689. The van der Waals surface area contributed by atoms with Crippen molar-refractivity contribution >= 4 is 17.6 Å². The van der Waals surface area contributed by atoms with Crippen molar-refractivity contribution in [3.05, 3.63) is 34.0 Å². The van der Waals surface area contributed by atoms with Crippen LogP contribution in [0, 0.1) is 6.92 Å². The second-order valence-electron chi connectivity index (χ2n) is 5.29. The molecule has 2 N–H and O–H groups in total. The van der Waals surface area contributed by atoms with Crippen LogP contribution >= 0.6 is 11.6 Å². The standard InChI is InChI=1S/C15H17ClN2O3/c1-7(2)9-5-10(16)8(3)13(14(9)19)12-6-11(15(20)21)17-18(12)4/h5-7,19H,1-4H3,(H,20,21). The number of carboxylic acids is 1. The van der Waals surface area contributed by atoms with Crippen LogP contribution in [-0.4, -0.2) is 26.0 Å². The average molecular weight is 309 g/mol. The van der Waals surface area contributed by atoms with E-state index < -0.39 is 5.97 Å². The van der Waals surface area contributed by atoms with Crippen molar-refractivity contribution in [2.24, 2.45) is 7.05 Å². The summed E-state index contributed by atoms with van der Waals surface area (Å²) >= 11 is 6.25. The lowest BCUT2D eigenvalue weighted by Gasteiger charge is -2.16. The summed E-state index contributed by atoms with van der Waals surface area (Å²) in [5.41, 5.74) is 2.38. The Bertz CT molecular complexity index is 720. The van der Waals surface area contributed by atoms with Crippen LogP contribution in [0.1, 0.15) is 41.4 Å². The van der Waals surface area contributed by atoms with Gasteiger partial charge in [0.25, 0.3) is 0 Å². The largest absolute Gasteiger partial charge is 0.507 e. The summed E-state index contributed by atoms with van der Waals surface area (Å²) in [5, 5.41) is 24.1. The Kier molecular flexibility index (Phi) is 3.96. The number of hydrogen-bond acceptors (Lipinski definition) is 3. The summed E-state index contributed by atoms with van der Waals surface area (Å²) in [6, 6.07) is 3.18. The second kappa shape index (κ2) is 5.41. The first-order chi connectivity index (χ1) is 9.73. The molecule has 0 aliphatic rings. The van der Waals surface area contributed by atoms with E-state index >= 15 is 0 Å². The number of hydrogen-bond donors (Lipinski definition) is 2. The predicted octanol–water partition coefficient (Wildman–Crippen LogP) is 3.58. The molecule has 0 amide bonds. The molecule has 5 nitrogen and oxygen atoms in total. The van der Waals surface area contributed by atoms with Crippen molar-refractivity contribution in [1.82, 2.24) is 9.78 Å². The molecule has 2 aromatic rings. The van der Waals surface area contributed by atoms with Crippen molar-refractivity contribution in [3.8, 4) is 17.0 Å². The molecule has 0 spiro atoms. The summed E-state index contributed by atoms with van der Waals surface area (Å²) in [4.78, 5) is 11.0. The van der Waals surface area contributed by atoms with Gasteiger partial charge < -0.3 is 10.2 Å². The molecule has 112 valence electrons. The van der Waals surface area contributed by atoms with Crippen LogP contribution in [0.15, 0.2) is 12.1 Å². The van der Waals surface area contributed by atoms with E-state index in [0.717, 1.165) is 5.56 Å². The predicted molar refractivity (Wildman–Crippen MR) is 81.1 cm³/mol. The molecule has 1 aromatic carbocycles. The van der Waals surface area contributed by atoms with Crippen molar-refractivity contribution in [3.63, 3.8) is 0 Å². The van der Waals surface area contributed by atoms with Gasteiger partial charge in [-0.3, -0.25) is 4.68 Å². The fraction of sp³-hybridized carbons (Fsp3) is 0.333. The molecule has 0 saturated heterocycles. The monoisotopic (exact) mass is 308 g/mol. The van der Waals surface area contributed by atoms with Crippen molar-refractivity contribution < 1.29 is 15.0 Å². The minimum Gasteiger partial charge on any atom is -0.507 e. The van der Waals surface area contributed by atoms with Crippen molar-refractivity contribution in [2.45, 2.75) is 26.7 Å². The van der Waals surface area contributed by atoms with Gasteiger partial charge in [0, 0.05) is 17.6 Å². The van der Waals surface area contributed by atoms with E-state index in [9.17, 15) is 9.90 Å². The van der Waals surface area contributed by atoms with Gasteiger partial charge in [0.05, 0.1) is 5.69 Å². The van der Waals surface area contributed by atoms with Gasteiger partial charge in [-0.05, 0) is 36.1 Å². The van der Waals surface area contributed by atoms with Gasteiger partial charge in [0.1, 0.15) is 5.75 Å².